The lowest BCUT2D eigenvalue weighted by molar-refractivity contribution is -0.0171. The molecule has 3 rings (SSSR count). The van der Waals surface area contributed by atoms with Crippen molar-refractivity contribution in [2.45, 2.75) is 51.4 Å². The van der Waals surface area contributed by atoms with Crippen molar-refractivity contribution in [3.63, 3.8) is 0 Å². The molecule has 0 unspecified atom stereocenters. The smallest absolute Gasteiger partial charge is 0.126 e. The normalized spacial score (nSPS) is 19.6. The number of β-amino-alcohol motifs (C(OH)–C–C–N with tert-alkyl or cyclic N) is 1. The number of benzene rings is 2. The van der Waals surface area contributed by atoms with Crippen molar-refractivity contribution in [3.8, 4) is 0 Å². The van der Waals surface area contributed by atoms with E-state index in [1.54, 1.807) is 13.0 Å². The van der Waals surface area contributed by atoms with Crippen LogP contribution in [0.2, 0.25) is 0 Å². The molecule has 5 heteroatoms. The summed E-state index contributed by atoms with van der Waals surface area (Å²) in [6.45, 7) is 5.58. The standard InChI is InChI=1S/C23H29BFNO2/c1-16-5-6-18(13-23(16)25)12-21-4-3-11-26(21)14-22(27)15-28-17(2)19-7-9-20(24)10-8-19/h5-10,13,17,21-22,27H,3-4,11-12,14-15H2,1-2H3/t17-,21+,22-/m1/s1. The van der Waals surface area contributed by atoms with Crippen LogP contribution in [0.15, 0.2) is 42.5 Å². The monoisotopic (exact) mass is 381 g/mol. The van der Waals surface area contributed by atoms with Gasteiger partial charge < -0.3 is 9.84 Å². The van der Waals surface area contributed by atoms with Gasteiger partial charge in [0.15, 0.2) is 0 Å². The van der Waals surface area contributed by atoms with Crippen LogP contribution in [0.5, 0.6) is 0 Å². The predicted molar refractivity (Wildman–Crippen MR) is 112 cm³/mol. The highest BCUT2D eigenvalue weighted by atomic mass is 19.1. The van der Waals surface area contributed by atoms with Crippen molar-refractivity contribution in [1.29, 1.82) is 0 Å². The van der Waals surface area contributed by atoms with E-state index < -0.39 is 6.10 Å². The summed E-state index contributed by atoms with van der Waals surface area (Å²) in [6.07, 6.45) is 2.35. The van der Waals surface area contributed by atoms with Crippen LogP contribution >= 0.6 is 0 Å². The van der Waals surface area contributed by atoms with E-state index in [1.165, 1.54) is 0 Å². The molecule has 3 nitrogen and oxygen atoms in total. The van der Waals surface area contributed by atoms with Crippen molar-refractivity contribution in [1.82, 2.24) is 4.90 Å². The third kappa shape index (κ3) is 5.66. The number of aliphatic hydroxyl groups excluding tert-OH is 1. The van der Waals surface area contributed by atoms with Crippen molar-refractivity contribution in [3.05, 3.63) is 65.0 Å². The fraction of sp³-hybridized carbons (Fsp3) is 0.478. The van der Waals surface area contributed by atoms with E-state index in [1.807, 2.05) is 43.3 Å². The molecule has 0 bridgehead atoms. The van der Waals surface area contributed by atoms with Crippen LogP contribution in [0.4, 0.5) is 4.39 Å². The van der Waals surface area contributed by atoms with Gasteiger partial charge in [-0.25, -0.2) is 4.39 Å². The Morgan fingerprint density at radius 3 is 2.71 bits per heavy atom. The van der Waals surface area contributed by atoms with Crippen LogP contribution < -0.4 is 5.46 Å². The zero-order chi connectivity index (χ0) is 20.1. The second kappa shape index (κ2) is 9.68. The van der Waals surface area contributed by atoms with Gasteiger partial charge in [-0.1, -0.05) is 41.9 Å². The molecular weight excluding hydrogens is 352 g/mol. The van der Waals surface area contributed by atoms with Gasteiger partial charge >= 0.3 is 0 Å². The van der Waals surface area contributed by atoms with Gasteiger partial charge in [0, 0.05) is 12.6 Å². The Morgan fingerprint density at radius 1 is 1.25 bits per heavy atom. The molecular formula is C23H29BFNO2. The van der Waals surface area contributed by atoms with Crippen LogP contribution in [0.3, 0.4) is 0 Å². The van der Waals surface area contributed by atoms with E-state index in [0.29, 0.717) is 18.2 Å². The van der Waals surface area contributed by atoms with Crippen LogP contribution in [0, 0.1) is 12.7 Å². The maximum Gasteiger partial charge on any atom is 0.126 e. The Hall–Kier alpha value is -1.69. The summed E-state index contributed by atoms with van der Waals surface area (Å²) in [4.78, 5) is 2.31. The van der Waals surface area contributed by atoms with Crippen molar-refractivity contribution < 1.29 is 14.2 Å². The second-order valence-corrected chi connectivity index (χ2v) is 7.87. The Morgan fingerprint density at radius 2 is 2.00 bits per heavy atom. The first-order chi connectivity index (χ1) is 13.4. The lowest BCUT2D eigenvalue weighted by Crippen LogP contribution is -2.39. The van der Waals surface area contributed by atoms with E-state index in [4.69, 9.17) is 12.6 Å². The third-order valence-corrected chi connectivity index (χ3v) is 5.60. The third-order valence-electron chi connectivity index (χ3n) is 5.60. The Bertz CT molecular complexity index is 768. The molecule has 2 aromatic rings. The molecule has 2 radical (unpaired) electrons. The highest BCUT2D eigenvalue weighted by molar-refractivity contribution is 6.32. The summed E-state index contributed by atoms with van der Waals surface area (Å²) >= 11 is 0. The number of halogens is 1. The van der Waals surface area contributed by atoms with Crippen LogP contribution in [0.25, 0.3) is 0 Å². The molecule has 1 aliphatic rings. The lowest BCUT2D eigenvalue weighted by Gasteiger charge is -2.27. The predicted octanol–water partition coefficient (Wildman–Crippen LogP) is 3.07. The molecule has 0 amide bonds. The first-order valence-corrected chi connectivity index (χ1v) is 10.1. The molecule has 1 N–H and O–H groups in total. The zero-order valence-corrected chi connectivity index (χ0v) is 16.8. The van der Waals surface area contributed by atoms with E-state index in [0.717, 1.165) is 42.4 Å². The molecule has 28 heavy (non-hydrogen) atoms. The molecule has 0 saturated carbocycles. The number of rotatable bonds is 8. The summed E-state index contributed by atoms with van der Waals surface area (Å²) < 4.78 is 19.7. The molecule has 0 aliphatic carbocycles. The molecule has 2 aromatic carbocycles. The quantitative estimate of drug-likeness (QED) is 0.714. The number of aryl methyl sites for hydroxylation is 1. The zero-order valence-electron chi connectivity index (χ0n) is 16.8. The molecule has 0 aromatic heterocycles. The molecule has 1 fully saturated rings. The van der Waals surface area contributed by atoms with E-state index >= 15 is 0 Å². The molecule has 1 aliphatic heterocycles. The number of nitrogens with zero attached hydrogens (tertiary/aromatic N) is 1. The van der Waals surface area contributed by atoms with Crippen LogP contribution in [-0.4, -0.2) is 49.7 Å². The average Bonchev–Trinajstić information content (AvgIpc) is 3.10. The fourth-order valence-corrected chi connectivity index (χ4v) is 3.84. The first-order valence-electron chi connectivity index (χ1n) is 10.1. The minimum atomic E-state index is -0.549. The topological polar surface area (TPSA) is 32.7 Å². The van der Waals surface area contributed by atoms with Gasteiger partial charge in [0.2, 0.25) is 0 Å². The van der Waals surface area contributed by atoms with E-state index in [2.05, 4.69) is 4.90 Å². The van der Waals surface area contributed by atoms with Crippen molar-refractivity contribution >= 4 is 13.3 Å². The fourth-order valence-electron chi connectivity index (χ4n) is 3.84. The van der Waals surface area contributed by atoms with Crippen LogP contribution in [-0.2, 0) is 11.2 Å². The summed E-state index contributed by atoms with van der Waals surface area (Å²) in [7, 11) is 5.72. The van der Waals surface area contributed by atoms with Gasteiger partial charge in [-0.15, -0.1) is 0 Å². The molecule has 0 spiro atoms. The SMILES string of the molecule is [B]c1ccc([C@@H](C)OC[C@H](O)CN2CCC[C@H]2Cc2ccc(C)c(F)c2)cc1. The number of likely N-dealkylation sites (tertiary alicyclic amines) is 1. The minimum absolute atomic E-state index is 0.0971. The van der Waals surface area contributed by atoms with Gasteiger partial charge in [-0.2, -0.15) is 0 Å². The number of hydrogen-bond donors (Lipinski definition) is 1. The number of aliphatic hydroxyl groups is 1. The van der Waals surface area contributed by atoms with Crippen molar-refractivity contribution in [2.24, 2.45) is 0 Å². The lowest BCUT2D eigenvalue weighted by atomic mass is 9.94. The molecule has 1 heterocycles. The summed E-state index contributed by atoms with van der Waals surface area (Å²) in [5.41, 5.74) is 3.46. The first kappa shape index (κ1) is 21.0. The van der Waals surface area contributed by atoms with Gasteiger partial charge in [-0.05, 0) is 62.4 Å². The summed E-state index contributed by atoms with van der Waals surface area (Å²) in [5, 5.41) is 10.5. The highest BCUT2D eigenvalue weighted by Crippen LogP contribution is 2.23. The van der Waals surface area contributed by atoms with E-state index in [9.17, 15) is 9.50 Å². The molecule has 148 valence electrons. The van der Waals surface area contributed by atoms with Gasteiger partial charge in [0.1, 0.15) is 13.7 Å². The summed E-state index contributed by atoms with van der Waals surface area (Å²) in [6, 6.07) is 13.4. The maximum atomic E-state index is 13.8. The summed E-state index contributed by atoms with van der Waals surface area (Å²) in [5.74, 6) is -0.146. The Balaban J connectivity index is 1.49. The Kier molecular flexibility index (Phi) is 7.27. The number of ether oxygens (including phenoxy) is 1. The van der Waals surface area contributed by atoms with E-state index in [-0.39, 0.29) is 18.5 Å². The minimum Gasteiger partial charge on any atom is -0.389 e. The largest absolute Gasteiger partial charge is 0.389 e. The maximum absolute atomic E-state index is 13.8. The highest BCUT2D eigenvalue weighted by Gasteiger charge is 2.26. The molecule has 1 saturated heterocycles. The van der Waals surface area contributed by atoms with Crippen molar-refractivity contribution in [2.75, 3.05) is 19.7 Å². The van der Waals surface area contributed by atoms with Gasteiger partial charge in [-0.3, -0.25) is 4.90 Å². The Labute approximate surface area is 168 Å². The van der Waals surface area contributed by atoms with Crippen LogP contribution in [0.1, 0.15) is 42.6 Å². The number of hydrogen-bond acceptors (Lipinski definition) is 3. The average molecular weight is 381 g/mol. The molecule has 3 atom stereocenters. The van der Waals surface area contributed by atoms with Gasteiger partial charge in [0.05, 0.1) is 18.8 Å². The second-order valence-electron chi connectivity index (χ2n) is 7.87. The van der Waals surface area contributed by atoms with Gasteiger partial charge in [0.25, 0.3) is 0 Å².